The Bertz CT molecular complexity index is 347. The maximum atomic E-state index is 11.7. The Morgan fingerprint density at radius 3 is 2.71 bits per heavy atom. The van der Waals surface area contributed by atoms with Crippen molar-refractivity contribution >= 4 is 5.78 Å². The molecule has 0 aliphatic heterocycles. The van der Waals surface area contributed by atoms with Crippen LogP contribution in [-0.2, 0) is 4.79 Å². The molecule has 5 atom stereocenters. The number of rotatable bonds is 1. The molecule has 2 nitrogen and oxygen atoms in total. The van der Waals surface area contributed by atoms with Gasteiger partial charge in [0, 0.05) is 18.8 Å². The van der Waals surface area contributed by atoms with Crippen LogP contribution in [0.1, 0.15) is 46.5 Å². The van der Waals surface area contributed by atoms with Crippen molar-refractivity contribution in [1.29, 1.82) is 0 Å². The third-order valence-electron chi connectivity index (χ3n) is 5.35. The van der Waals surface area contributed by atoms with E-state index in [1.807, 2.05) is 6.92 Å². The van der Waals surface area contributed by atoms with Gasteiger partial charge in [0.15, 0.2) is 0 Å². The van der Waals surface area contributed by atoms with E-state index in [1.165, 1.54) is 0 Å². The molecule has 0 heterocycles. The van der Waals surface area contributed by atoms with Crippen LogP contribution in [0.15, 0.2) is 12.2 Å². The minimum atomic E-state index is -0.302. The van der Waals surface area contributed by atoms with Gasteiger partial charge in [-0.25, -0.2) is 0 Å². The molecule has 0 saturated heterocycles. The summed E-state index contributed by atoms with van der Waals surface area (Å²) in [7, 11) is 0. The van der Waals surface area contributed by atoms with E-state index in [-0.39, 0.29) is 17.4 Å². The lowest BCUT2D eigenvalue weighted by Gasteiger charge is -2.53. The van der Waals surface area contributed by atoms with Crippen LogP contribution in [0.3, 0.4) is 0 Å². The fourth-order valence-electron chi connectivity index (χ4n) is 3.86. The third kappa shape index (κ3) is 2.08. The van der Waals surface area contributed by atoms with E-state index < -0.39 is 0 Å². The Morgan fingerprint density at radius 1 is 1.47 bits per heavy atom. The fourth-order valence-corrected chi connectivity index (χ4v) is 3.86. The average Bonchev–Trinajstić information content (AvgIpc) is 2.20. The molecule has 0 radical (unpaired) electrons. The lowest BCUT2D eigenvalue weighted by Crippen LogP contribution is -2.49. The summed E-state index contributed by atoms with van der Waals surface area (Å²) < 4.78 is 0. The first kappa shape index (κ1) is 12.8. The lowest BCUT2D eigenvalue weighted by molar-refractivity contribution is -0.134. The van der Waals surface area contributed by atoms with Crippen LogP contribution in [0.5, 0.6) is 0 Å². The molecule has 0 aromatic carbocycles. The number of carbonyl (C=O) groups is 1. The molecule has 2 heteroatoms. The Kier molecular flexibility index (Phi) is 3.19. The Morgan fingerprint density at radius 2 is 2.12 bits per heavy atom. The highest BCUT2D eigenvalue weighted by Crippen LogP contribution is 2.54. The molecule has 0 aromatic rings. The number of fused-ring (bicyclic) bond motifs is 1. The molecule has 2 aliphatic carbocycles. The first-order valence-electron chi connectivity index (χ1n) is 6.69. The summed E-state index contributed by atoms with van der Waals surface area (Å²) >= 11 is 0. The average molecular weight is 236 g/mol. The van der Waals surface area contributed by atoms with Crippen molar-refractivity contribution in [1.82, 2.24) is 0 Å². The Balaban J connectivity index is 2.25. The summed E-state index contributed by atoms with van der Waals surface area (Å²) in [5.41, 5.74) is 1.29. The van der Waals surface area contributed by atoms with Crippen LogP contribution in [-0.4, -0.2) is 17.0 Å². The number of hydrogen-bond donors (Lipinski definition) is 1. The number of carbonyl (C=O) groups excluding carboxylic acids is 1. The number of hydrogen-bond acceptors (Lipinski definition) is 2. The SMILES string of the molecule is C=C(C)[C@H]1C[C@]2(C)[C@H](CC(=O)C[C@H]2C)C[C@H]1O. The minimum Gasteiger partial charge on any atom is -0.392 e. The van der Waals surface area contributed by atoms with Crippen molar-refractivity contribution in [2.45, 2.75) is 52.6 Å². The fraction of sp³-hybridized carbons (Fsp3) is 0.800. The number of aliphatic hydroxyl groups excluding tert-OH is 1. The van der Waals surface area contributed by atoms with Crippen LogP contribution in [0.4, 0.5) is 0 Å². The van der Waals surface area contributed by atoms with Gasteiger partial charge >= 0.3 is 0 Å². The van der Waals surface area contributed by atoms with Gasteiger partial charge in [0.05, 0.1) is 6.10 Å². The molecule has 0 bridgehead atoms. The van der Waals surface area contributed by atoms with E-state index in [0.29, 0.717) is 30.5 Å². The second-order valence-corrected chi connectivity index (χ2v) is 6.51. The molecular formula is C15H24O2. The zero-order valence-electron chi connectivity index (χ0n) is 11.2. The lowest BCUT2D eigenvalue weighted by atomic mass is 9.52. The molecule has 17 heavy (non-hydrogen) atoms. The second-order valence-electron chi connectivity index (χ2n) is 6.51. The van der Waals surface area contributed by atoms with E-state index in [2.05, 4.69) is 20.4 Å². The zero-order chi connectivity index (χ0) is 12.8. The van der Waals surface area contributed by atoms with Gasteiger partial charge in [-0.1, -0.05) is 26.0 Å². The number of ketones is 1. The Hall–Kier alpha value is -0.630. The predicted molar refractivity (Wildman–Crippen MR) is 68.5 cm³/mol. The number of aliphatic hydroxyl groups is 1. The van der Waals surface area contributed by atoms with Gasteiger partial charge in [-0.15, -0.1) is 0 Å². The van der Waals surface area contributed by atoms with Crippen LogP contribution < -0.4 is 0 Å². The quantitative estimate of drug-likeness (QED) is 0.711. The van der Waals surface area contributed by atoms with Gasteiger partial charge in [-0.3, -0.25) is 4.79 Å². The molecule has 2 rings (SSSR count). The summed E-state index contributed by atoms with van der Waals surface area (Å²) in [6.45, 7) is 10.5. The summed E-state index contributed by atoms with van der Waals surface area (Å²) in [5, 5.41) is 10.2. The molecule has 0 amide bonds. The maximum Gasteiger partial charge on any atom is 0.133 e. The highest BCUT2D eigenvalue weighted by molar-refractivity contribution is 5.80. The molecule has 96 valence electrons. The van der Waals surface area contributed by atoms with Crippen LogP contribution in [0, 0.1) is 23.2 Å². The van der Waals surface area contributed by atoms with Gasteiger partial charge in [0.1, 0.15) is 5.78 Å². The topological polar surface area (TPSA) is 37.3 Å². The van der Waals surface area contributed by atoms with Crippen molar-refractivity contribution in [2.75, 3.05) is 0 Å². The molecule has 2 saturated carbocycles. The zero-order valence-corrected chi connectivity index (χ0v) is 11.2. The predicted octanol–water partition coefficient (Wildman–Crippen LogP) is 2.95. The monoisotopic (exact) mass is 236 g/mol. The van der Waals surface area contributed by atoms with E-state index in [9.17, 15) is 9.90 Å². The highest BCUT2D eigenvalue weighted by Gasteiger charge is 2.50. The van der Waals surface area contributed by atoms with Crippen molar-refractivity contribution in [3.8, 4) is 0 Å². The summed E-state index contributed by atoms with van der Waals surface area (Å²) in [4.78, 5) is 11.7. The molecule has 1 N–H and O–H groups in total. The highest BCUT2D eigenvalue weighted by atomic mass is 16.3. The molecule has 2 aliphatic rings. The maximum absolute atomic E-state index is 11.7. The Labute approximate surface area is 104 Å². The van der Waals surface area contributed by atoms with Crippen molar-refractivity contribution < 1.29 is 9.90 Å². The van der Waals surface area contributed by atoms with Crippen LogP contribution in [0.2, 0.25) is 0 Å². The number of Topliss-reactive ketones (excluding diaryl/α,β-unsaturated/α-hetero) is 1. The van der Waals surface area contributed by atoms with Crippen molar-refractivity contribution in [2.24, 2.45) is 23.2 Å². The van der Waals surface area contributed by atoms with Gasteiger partial charge in [-0.05, 0) is 37.0 Å². The van der Waals surface area contributed by atoms with Crippen molar-refractivity contribution in [3.63, 3.8) is 0 Å². The summed E-state index contributed by atoms with van der Waals surface area (Å²) in [5.74, 6) is 1.39. The normalized spacial score (nSPS) is 46.5. The van der Waals surface area contributed by atoms with Crippen LogP contribution >= 0.6 is 0 Å². The third-order valence-corrected chi connectivity index (χ3v) is 5.35. The molecular weight excluding hydrogens is 212 g/mol. The standard InChI is InChI=1S/C15H24O2/c1-9(2)13-8-15(4)10(3)5-12(16)6-11(15)7-14(13)17/h10-11,13-14,17H,1,5-8H2,2-4H3/t10-,11-,13-,14-,15+/m1/s1. The summed E-state index contributed by atoms with van der Waals surface area (Å²) in [6, 6.07) is 0. The van der Waals surface area contributed by atoms with E-state index in [0.717, 1.165) is 18.4 Å². The van der Waals surface area contributed by atoms with Crippen molar-refractivity contribution in [3.05, 3.63) is 12.2 Å². The van der Waals surface area contributed by atoms with E-state index >= 15 is 0 Å². The van der Waals surface area contributed by atoms with E-state index in [4.69, 9.17) is 0 Å². The molecule has 2 fully saturated rings. The molecule has 0 aromatic heterocycles. The first-order chi connectivity index (χ1) is 7.84. The van der Waals surface area contributed by atoms with Gasteiger partial charge in [-0.2, -0.15) is 0 Å². The summed E-state index contributed by atoms with van der Waals surface area (Å²) in [6.07, 6.45) is 2.84. The first-order valence-corrected chi connectivity index (χ1v) is 6.69. The van der Waals surface area contributed by atoms with Gasteiger partial charge < -0.3 is 5.11 Å². The second kappa shape index (κ2) is 4.24. The molecule has 0 unspecified atom stereocenters. The minimum absolute atomic E-state index is 0.205. The largest absolute Gasteiger partial charge is 0.392 e. The smallest absolute Gasteiger partial charge is 0.133 e. The molecule has 0 spiro atoms. The van der Waals surface area contributed by atoms with Gasteiger partial charge in [0.2, 0.25) is 0 Å². The van der Waals surface area contributed by atoms with Gasteiger partial charge in [0.25, 0.3) is 0 Å². The van der Waals surface area contributed by atoms with E-state index in [1.54, 1.807) is 0 Å². The van der Waals surface area contributed by atoms with Crippen LogP contribution in [0.25, 0.3) is 0 Å².